The van der Waals surface area contributed by atoms with E-state index in [-0.39, 0.29) is 17.8 Å². The largest absolute Gasteiger partial charge is 0.497 e. The number of halogens is 1. The lowest BCUT2D eigenvalue weighted by molar-refractivity contribution is -0.138. The van der Waals surface area contributed by atoms with Crippen LogP contribution in [-0.2, 0) is 10.2 Å². The smallest absolute Gasteiger partial charge is 0.233 e. The number of carbonyl (C=O) groups excluding carboxylic acids is 1. The number of likely N-dealkylation sites (tertiary alicyclic amines) is 1. The molecule has 1 N–H and O–H groups in total. The first-order valence-corrected chi connectivity index (χ1v) is 9.84. The first-order chi connectivity index (χ1) is 12.2. The molecule has 146 valence electrons. The molecular formula is C21H33ClN2O2. The molecule has 1 aliphatic carbocycles. The highest BCUT2D eigenvalue weighted by Crippen LogP contribution is 2.44. The molecule has 26 heavy (non-hydrogen) atoms. The summed E-state index contributed by atoms with van der Waals surface area (Å²) in [5, 5.41) is 3.45. The Balaban J connectivity index is 0.00000243. The number of ether oxygens (including phenoxy) is 1. The van der Waals surface area contributed by atoms with Gasteiger partial charge in [-0.1, -0.05) is 31.9 Å². The van der Waals surface area contributed by atoms with Crippen molar-refractivity contribution >= 4 is 18.3 Å². The number of carbonyl (C=O) groups is 1. The van der Waals surface area contributed by atoms with Gasteiger partial charge in [0.05, 0.1) is 12.5 Å². The van der Waals surface area contributed by atoms with Gasteiger partial charge in [-0.25, -0.2) is 0 Å². The highest BCUT2D eigenvalue weighted by Gasteiger charge is 2.45. The Labute approximate surface area is 164 Å². The average molecular weight is 381 g/mol. The third kappa shape index (κ3) is 4.34. The number of hydrogen-bond acceptors (Lipinski definition) is 3. The van der Waals surface area contributed by atoms with E-state index < -0.39 is 0 Å². The zero-order valence-electron chi connectivity index (χ0n) is 16.1. The van der Waals surface area contributed by atoms with Crippen molar-refractivity contribution in [3.63, 3.8) is 0 Å². The molecule has 0 aromatic heterocycles. The predicted molar refractivity (Wildman–Crippen MR) is 108 cm³/mol. The Morgan fingerprint density at radius 1 is 1.27 bits per heavy atom. The third-order valence-corrected chi connectivity index (χ3v) is 6.07. The Hall–Kier alpha value is -1.26. The predicted octanol–water partition coefficient (Wildman–Crippen LogP) is 3.78. The van der Waals surface area contributed by atoms with Crippen molar-refractivity contribution in [1.29, 1.82) is 0 Å². The molecule has 1 heterocycles. The summed E-state index contributed by atoms with van der Waals surface area (Å²) in [5.41, 5.74) is 0.812. The van der Waals surface area contributed by atoms with Crippen molar-refractivity contribution in [2.24, 2.45) is 5.92 Å². The minimum Gasteiger partial charge on any atom is -0.497 e. The van der Waals surface area contributed by atoms with Crippen LogP contribution >= 0.6 is 12.4 Å². The number of nitrogens with zero attached hydrogens (tertiary/aromatic N) is 1. The molecule has 1 saturated heterocycles. The fraction of sp³-hybridized carbons (Fsp3) is 0.667. The van der Waals surface area contributed by atoms with Crippen LogP contribution < -0.4 is 10.1 Å². The van der Waals surface area contributed by atoms with E-state index in [1.54, 1.807) is 7.11 Å². The lowest BCUT2D eigenvalue weighted by Crippen LogP contribution is -2.49. The van der Waals surface area contributed by atoms with Crippen LogP contribution in [0.3, 0.4) is 0 Å². The zero-order valence-corrected chi connectivity index (χ0v) is 16.9. The molecule has 3 rings (SSSR count). The van der Waals surface area contributed by atoms with Gasteiger partial charge in [-0.05, 0) is 62.4 Å². The number of hydrogen-bond donors (Lipinski definition) is 1. The normalized spacial score (nSPS) is 19.8. The van der Waals surface area contributed by atoms with Gasteiger partial charge in [-0.15, -0.1) is 12.4 Å². The summed E-state index contributed by atoms with van der Waals surface area (Å²) in [5.74, 6) is 1.90. The molecule has 0 bridgehead atoms. The molecule has 1 amide bonds. The van der Waals surface area contributed by atoms with Crippen LogP contribution in [-0.4, -0.2) is 44.1 Å². The van der Waals surface area contributed by atoms with Crippen LogP contribution in [0.15, 0.2) is 24.3 Å². The van der Waals surface area contributed by atoms with Crippen LogP contribution in [0.4, 0.5) is 0 Å². The van der Waals surface area contributed by atoms with E-state index >= 15 is 0 Å². The molecule has 2 aliphatic rings. The molecule has 1 saturated carbocycles. The second-order valence-corrected chi connectivity index (χ2v) is 7.56. The maximum atomic E-state index is 13.5. The van der Waals surface area contributed by atoms with E-state index in [1.807, 2.05) is 12.1 Å². The molecule has 2 fully saturated rings. The highest BCUT2D eigenvalue weighted by molar-refractivity contribution is 5.89. The van der Waals surface area contributed by atoms with Gasteiger partial charge in [0, 0.05) is 13.1 Å². The highest BCUT2D eigenvalue weighted by atomic mass is 35.5. The van der Waals surface area contributed by atoms with E-state index in [9.17, 15) is 4.79 Å². The van der Waals surface area contributed by atoms with Crippen molar-refractivity contribution in [1.82, 2.24) is 10.2 Å². The molecule has 5 heteroatoms. The summed E-state index contributed by atoms with van der Waals surface area (Å²) in [7, 11) is 1.69. The van der Waals surface area contributed by atoms with Gasteiger partial charge in [-0.2, -0.15) is 0 Å². The first-order valence-electron chi connectivity index (χ1n) is 9.84. The van der Waals surface area contributed by atoms with E-state index in [0.29, 0.717) is 11.8 Å². The van der Waals surface area contributed by atoms with Gasteiger partial charge < -0.3 is 15.0 Å². The van der Waals surface area contributed by atoms with Gasteiger partial charge in [0.15, 0.2) is 0 Å². The van der Waals surface area contributed by atoms with E-state index in [1.165, 1.54) is 0 Å². The lowest BCUT2D eigenvalue weighted by Gasteiger charge is -2.39. The number of amides is 1. The second kappa shape index (κ2) is 9.61. The topological polar surface area (TPSA) is 41.6 Å². The fourth-order valence-electron chi connectivity index (χ4n) is 4.52. The van der Waals surface area contributed by atoms with Crippen LogP contribution in [0, 0.1) is 5.92 Å². The Morgan fingerprint density at radius 2 is 1.96 bits per heavy atom. The van der Waals surface area contributed by atoms with E-state index in [2.05, 4.69) is 29.3 Å². The zero-order chi connectivity index (χ0) is 17.7. The second-order valence-electron chi connectivity index (χ2n) is 7.56. The molecule has 4 nitrogen and oxygen atoms in total. The monoisotopic (exact) mass is 380 g/mol. The minimum absolute atomic E-state index is 0. The van der Waals surface area contributed by atoms with E-state index in [0.717, 1.165) is 76.0 Å². The minimum atomic E-state index is -0.330. The lowest BCUT2D eigenvalue weighted by atomic mass is 9.77. The summed E-state index contributed by atoms with van der Waals surface area (Å²) in [6.07, 6.45) is 6.45. The van der Waals surface area contributed by atoms with Crippen LogP contribution in [0.25, 0.3) is 0 Å². The number of nitrogens with one attached hydrogen (secondary N) is 1. The summed E-state index contributed by atoms with van der Waals surface area (Å²) >= 11 is 0. The van der Waals surface area contributed by atoms with Crippen LogP contribution in [0.2, 0.25) is 0 Å². The van der Waals surface area contributed by atoms with E-state index in [4.69, 9.17) is 4.74 Å². The van der Waals surface area contributed by atoms with Crippen LogP contribution in [0.1, 0.15) is 51.0 Å². The SMILES string of the molecule is CCNCC1CCN(C(=O)C2(c3cccc(OC)c3)CCCC2)CC1.Cl. The molecule has 1 aromatic carbocycles. The molecular weight excluding hydrogens is 348 g/mol. The van der Waals surface area contributed by atoms with Crippen LogP contribution in [0.5, 0.6) is 5.75 Å². The van der Waals surface area contributed by atoms with Crippen molar-refractivity contribution < 1.29 is 9.53 Å². The molecule has 0 atom stereocenters. The molecule has 1 aromatic rings. The fourth-order valence-corrected chi connectivity index (χ4v) is 4.52. The molecule has 0 radical (unpaired) electrons. The number of piperidine rings is 1. The number of rotatable bonds is 6. The van der Waals surface area contributed by atoms with Gasteiger partial charge in [0.25, 0.3) is 0 Å². The summed E-state index contributed by atoms with van der Waals surface area (Å²) in [4.78, 5) is 15.6. The van der Waals surface area contributed by atoms with Crippen molar-refractivity contribution in [3.05, 3.63) is 29.8 Å². The summed E-state index contributed by atoms with van der Waals surface area (Å²) in [6, 6.07) is 8.16. The van der Waals surface area contributed by atoms with Crippen molar-refractivity contribution in [2.75, 3.05) is 33.3 Å². The maximum absolute atomic E-state index is 13.5. The average Bonchev–Trinajstić information content (AvgIpc) is 3.17. The van der Waals surface area contributed by atoms with Crippen molar-refractivity contribution in [2.45, 2.75) is 50.9 Å². The summed E-state index contributed by atoms with van der Waals surface area (Å²) < 4.78 is 5.40. The summed E-state index contributed by atoms with van der Waals surface area (Å²) in [6.45, 7) is 6.06. The quantitative estimate of drug-likeness (QED) is 0.816. The molecule has 0 spiro atoms. The van der Waals surface area contributed by atoms with Gasteiger partial charge in [0.1, 0.15) is 5.75 Å². The Kier molecular flexibility index (Phi) is 7.78. The van der Waals surface area contributed by atoms with Gasteiger partial charge in [0.2, 0.25) is 5.91 Å². The van der Waals surface area contributed by atoms with Gasteiger partial charge in [-0.3, -0.25) is 4.79 Å². The number of benzene rings is 1. The standard InChI is InChI=1S/C21H32N2O2.ClH/c1-3-22-16-17-9-13-23(14-10-17)20(24)21(11-4-5-12-21)18-7-6-8-19(15-18)25-2;/h6-8,15,17,22H,3-5,9-14,16H2,1-2H3;1H. The molecule has 1 aliphatic heterocycles. The molecule has 0 unspecified atom stereocenters. The number of methoxy groups -OCH3 is 1. The maximum Gasteiger partial charge on any atom is 0.233 e. The Bertz CT molecular complexity index is 579. The van der Waals surface area contributed by atoms with Crippen molar-refractivity contribution in [3.8, 4) is 5.75 Å². The van der Waals surface area contributed by atoms with Gasteiger partial charge >= 0.3 is 0 Å². The Morgan fingerprint density at radius 3 is 2.58 bits per heavy atom. The first kappa shape index (κ1) is 21.0. The third-order valence-electron chi connectivity index (χ3n) is 6.07.